The third-order valence-corrected chi connectivity index (χ3v) is 4.67. The Hall–Kier alpha value is -2.09. The third kappa shape index (κ3) is 3.38. The summed E-state index contributed by atoms with van der Waals surface area (Å²) in [6.45, 7) is 3.71. The van der Waals surface area contributed by atoms with Crippen LogP contribution in [0.3, 0.4) is 0 Å². The Balaban J connectivity index is 1.77. The van der Waals surface area contributed by atoms with Crippen LogP contribution in [0.25, 0.3) is 5.82 Å². The second-order valence-corrected chi connectivity index (χ2v) is 6.42. The number of hydrogen-bond donors (Lipinski definition) is 1. The highest BCUT2D eigenvalue weighted by atomic mass is 32.2. The zero-order valence-electron chi connectivity index (χ0n) is 12.3. The van der Waals surface area contributed by atoms with Crippen molar-refractivity contribution in [3.8, 4) is 5.82 Å². The van der Waals surface area contributed by atoms with E-state index in [4.69, 9.17) is 0 Å². The quantitative estimate of drug-likeness (QED) is 0.915. The van der Waals surface area contributed by atoms with Crippen LogP contribution in [0, 0.1) is 5.92 Å². The number of amides is 2. The molecule has 0 bridgehead atoms. The second-order valence-electron chi connectivity index (χ2n) is 5.27. The van der Waals surface area contributed by atoms with Crippen LogP contribution in [-0.2, 0) is 0 Å². The molecule has 1 N–H and O–H groups in total. The number of nitrogens with one attached hydrogen (secondary N) is 1. The lowest BCUT2D eigenvalue weighted by Gasteiger charge is -2.23. The molecule has 3 rings (SSSR count). The monoisotopic (exact) mass is 318 g/mol. The molecule has 1 atom stereocenters. The van der Waals surface area contributed by atoms with Crippen LogP contribution in [0.15, 0.2) is 31.0 Å². The van der Waals surface area contributed by atoms with Gasteiger partial charge in [0.15, 0.2) is 5.82 Å². The molecule has 1 aliphatic heterocycles. The predicted molar refractivity (Wildman–Crippen MR) is 86.2 cm³/mol. The van der Waals surface area contributed by atoms with E-state index < -0.39 is 0 Å². The van der Waals surface area contributed by atoms with Crippen LogP contribution in [0.1, 0.15) is 6.92 Å². The summed E-state index contributed by atoms with van der Waals surface area (Å²) >= 11 is 1.90. The molecule has 1 aliphatic rings. The van der Waals surface area contributed by atoms with Crippen molar-refractivity contribution < 1.29 is 4.79 Å². The maximum atomic E-state index is 12.5. The molecular formula is C14H18N6OS. The minimum absolute atomic E-state index is 0.0938. The predicted octanol–water partition coefficient (Wildman–Crippen LogP) is 1.88. The van der Waals surface area contributed by atoms with Gasteiger partial charge in [-0.25, -0.2) is 19.4 Å². The molecule has 3 heterocycles. The fraction of sp³-hybridized carbons (Fsp3) is 0.429. The van der Waals surface area contributed by atoms with Gasteiger partial charge >= 0.3 is 6.03 Å². The fourth-order valence-corrected chi connectivity index (χ4v) is 3.38. The molecule has 0 aromatic carbocycles. The van der Waals surface area contributed by atoms with Gasteiger partial charge in [0.1, 0.15) is 12.7 Å². The van der Waals surface area contributed by atoms with Gasteiger partial charge in [0.2, 0.25) is 0 Å². The highest BCUT2D eigenvalue weighted by molar-refractivity contribution is 7.99. The second kappa shape index (κ2) is 6.78. The van der Waals surface area contributed by atoms with E-state index in [0.29, 0.717) is 17.4 Å². The minimum atomic E-state index is -0.0938. The molecule has 22 heavy (non-hydrogen) atoms. The zero-order valence-corrected chi connectivity index (χ0v) is 13.2. The van der Waals surface area contributed by atoms with Gasteiger partial charge in [0.05, 0.1) is 5.69 Å². The van der Waals surface area contributed by atoms with E-state index in [-0.39, 0.29) is 6.03 Å². The summed E-state index contributed by atoms with van der Waals surface area (Å²) in [6, 6.07) is 3.51. The SMILES string of the molecule is CC1CSCCN(C(=O)Nc2cccnc2-n2cncn2)C1. The van der Waals surface area contributed by atoms with Gasteiger partial charge in [0, 0.05) is 25.0 Å². The number of rotatable bonds is 2. The summed E-state index contributed by atoms with van der Waals surface area (Å²) in [7, 11) is 0. The number of urea groups is 1. The number of nitrogens with zero attached hydrogens (tertiary/aromatic N) is 5. The van der Waals surface area contributed by atoms with E-state index in [1.807, 2.05) is 22.7 Å². The topological polar surface area (TPSA) is 75.9 Å². The van der Waals surface area contributed by atoms with E-state index in [1.54, 1.807) is 18.6 Å². The fourth-order valence-electron chi connectivity index (χ4n) is 2.35. The van der Waals surface area contributed by atoms with Crippen molar-refractivity contribution in [3.63, 3.8) is 0 Å². The van der Waals surface area contributed by atoms with Gasteiger partial charge in [-0.15, -0.1) is 0 Å². The number of carbonyl (C=O) groups excluding carboxylic acids is 1. The number of aromatic nitrogens is 4. The van der Waals surface area contributed by atoms with Crippen LogP contribution in [0.2, 0.25) is 0 Å². The van der Waals surface area contributed by atoms with Crippen LogP contribution in [-0.4, -0.2) is 55.3 Å². The van der Waals surface area contributed by atoms with Gasteiger partial charge in [-0.1, -0.05) is 6.92 Å². The first kappa shape index (κ1) is 14.8. The van der Waals surface area contributed by atoms with Gasteiger partial charge in [-0.3, -0.25) is 0 Å². The highest BCUT2D eigenvalue weighted by Crippen LogP contribution is 2.19. The Kier molecular flexibility index (Phi) is 4.57. The first-order valence-electron chi connectivity index (χ1n) is 7.17. The Morgan fingerprint density at radius 2 is 2.41 bits per heavy atom. The van der Waals surface area contributed by atoms with Crippen molar-refractivity contribution in [3.05, 3.63) is 31.0 Å². The molecule has 2 aromatic heterocycles. The third-order valence-electron chi connectivity index (χ3n) is 3.39. The largest absolute Gasteiger partial charge is 0.323 e. The van der Waals surface area contributed by atoms with Gasteiger partial charge in [0.25, 0.3) is 0 Å². The lowest BCUT2D eigenvalue weighted by atomic mass is 10.2. The summed E-state index contributed by atoms with van der Waals surface area (Å²) in [5, 5.41) is 7.01. The molecule has 1 saturated heterocycles. The van der Waals surface area contributed by atoms with Crippen LogP contribution in [0.4, 0.5) is 10.5 Å². The standard InChI is InChI=1S/C14H18N6OS/c1-11-7-19(5-6-22-8-11)14(21)18-12-3-2-4-16-13(12)20-10-15-9-17-20/h2-4,9-11H,5-8H2,1H3,(H,18,21). The van der Waals surface area contributed by atoms with E-state index in [1.165, 1.54) is 11.0 Å². The Morgan fingerprint density at radius 1 is 1.50 bits per heavy atom. The van der Waals surface area contributed by atoms with Crippen LogP contribution < -0.4 is 5.32 Å². The van der Waals surface area contributed by atoms with Gasteiger partial charge in [-0.2, -0.15) is 16.9 Å². The normalized spacial score (nSPS) is 18.8. The van der Waals surface area contributed by atoms with Crippen LogP contribution in [0.5, 0.6) is 0 Å². The van der Waals surface area contributed by atoms with E-state index in [2.05, 4.69) is 27.3 Å². The summed E-state index contributed by atoms with van der Waals surface area (Å²) in [4.78, 5) is 22.6. The molecular weight excluding hydrogens is 300 g/mol. The maximum Gasteiger partial charge on any atom is 0.321 e. The molecule has 1 unspecified atom stereocenters. The van der Waals surface area contributed by atoms with Gasteiger partial charge < -0.3 is 10.2 Å². The molecule has 116 valence electrons. The Labute approximate surface area is 133 Å². The molecule has 2 amide bonds. The average molecular weight is 318 g/mol. The zero-order chi connectivity index (χ0) is 15.4. The van der Waals surface area contributed by atoms with E-state index in [9.17, 15) is 4.79 Å². The average Bonchev–Trinajstić information content (AvgIpc) is 2.96. The summed E-state index contributed by atoms with van der Waals surface area (Å²) in [6.07, 6.45) is 4.66. The molecule has 0 saturated carbocycles. The summed E-state index contributed by atoms with van der Waals surface area (Å²) in [5.41, 5.74) is 0.627. The molecule has 1 fully saturated rings. The molecule has 0 aliphatic carbocycles. The molecule has 7 nitrogen and oxygen atoms in total. The maximum absolute atomic E-state index is 12.5. The van der Waals surface area contributed by atoms with Crippen molar-refractivity contribution >= 4 is 23.5 Å². The first-order valence-corrected chi connectivity index (χ1v) is 8.33. The molecule has 0 spiro atoms. The van der Waals surface area contributed by atoms with Crippen molar-refractivity contribution in [1.29, 1.82) is 0 Å². The number of thioether (sulfide) groups is 1. The molecule has 8 heteroatoms. The van der Waals surface area contributed by atoms with E-state index in [0.717, 1.165) is 24.6 Å². The van der Waals surface area contributed by atoms with Gasteiger partial charge in [-0.05, 0) is 23.8 Å². The first-order chi connectivity index (χ1) is 10.7. The van der Waals surface area contributed by atoms with Crippen molar-refractivity contribution in [1.82, 2.24) is 24.6 Å². The lowest BCUT2D eigenvalue weighted by molar-refractivity contribution is 0.210. The number of anilines is 1. The van der Waals surface area contributed by atoms with Crippen LogP contribution >= 0.6 is 11.8 Å². The van der Waals surface area contributed by atoms with Crippen molar-refractivity contribution in [2.75, 3.05) is 29.9 Å². The lowest BCUT2D eigenvalue weighted by Crippen LogP contribution is -2.38. The van der Waals surface area contributed by atoms with E-state index >= 15 is 0 Å². The summed E-state index contributed by atoms with van der Waals surface area (Å²) < 4.78 is 1.54. The highest BCUT2D eigenvalue weighted by Gasteiger charge is 2.20. The van der Waals surface area contributed by atoms with Crippen molar-refractivity contribution in [2.24, 2.45) is 5.92 Å². The Bertz CT molecular complexity index is 632. The molecule has 2 aromatic rings. The van der Waals surface area contributed by atoms with Crippen molar-refractivity contribution in [2.45, 2.75) is 6.92 Å². The Morgan fingerprint density at radius 3 is 3.23 bits per heavy atom. The number of carbonyl (C=O) groups is 1. The minimum Gasteiger partial charge on any atom is -0.323 e. The molecule has 0 radical (unpaired) electrons. The summed E-state index contributed by atoms with van der Waals surface area (Å²) in [5.74, 6) is 3.13. The number of pyridine rings is 1. The smallest absolute Gasteiger partial charge is 0.321 e. The number of hydrogen-bond acceptors (Lipinski definition) is 5.